The minimum absolute atomic E-state index is 0.00807. The van der Waals surface area contributed by atoms with Gasteiger partial charge < -0.3 is 10.6 Å². The van der Waals surface area contributed by atoms with Crippen molar-refractivity contribution in [1.82, 2.24) is 5.32 Å². The lowest BCUT2D eigenvalue weighted by atomic mass is 9.79. The highest BCUT2D eigenvalue weighted by atomic mass is 35.5. The molecule has 3 nitrogen and oxygen atoms in total. The van der Waals surface area contributed by atoms with E-state index in [1.807, 2.05) is 0 Å². The van der Waals surface area contributed by atoms with Crippen LogP contribution in [0.25, 0.3) is 0 Å². The van der Waals surface area contributed by atoms with Gasteiger partial charge in [-0.2, -0.15) is 0 Å². The van der Waals surface area contributed by atoms with Crippen molar-refractivity contribution in [3.05, 3.63) is 40.9 Å². The lowest BCUT2D eigenvalue weighted by molar-refractivity contribution is -0.112. The standard InChI is InChI=1S/C17H23ClN2O/c1-16(2)10-12(11-17(3,4)20-16)9-15(21)19-14-7-5-13(18)6-8-14/h5-9,20H,10-11H2,1-4H3,(H,19,21). The molecule has 0 atom stereocenters. The third-order valence-corrected chi connectivity index (χ3v) is 3.71. The Morgan fingerprint density at radius 3 is 2.19 bits per heavy atom. The SMILES string of the molecule is CC1(C)CC(=CC(=O)Nc2ccc(Cl)cc2)CC(C)(C)N1. The average molecular weight is 307 g/mol. The highest BCUT2D eigenvalue weighted by Gasteiger charge is 2.34. The smallest absolute Gasteiger partial charge is 0.248 e. The molecule has 2 N–H and O–H groups in total. The summed E-state index contributed by atoms with van der Waals surface area (Å²) in [4.78, 5) is 12.1. The number of carbonyl (C=O) groups is 1. The lowest BCUT2D eigenvalue weighted by Crippen LogP contribution is -2.56. The summed E-state index contributed by atoms with van der Waals surface area (Å²) in [5.41, 5.74) is 1.95. The first kappa shape index (κ1) is 16.1. The molecule has 1 aromatic carbocycles. The fourth-order valence-electron chi connectivity index (χ4n) is 3.20. The fourth-order valence-corrected chi connectivity index (χ4v) is 3.33. The third-order valence-electron chi connectivity index (χ3n) is 3.46. The number of hydrogen-bond acceptors (Lipinski definition) is 2. The van der Waals surface area contributed by atoms with Gasteiger partial charge in [-0.05, 0) is 64.8 Å². The van der Waals surface area contributed by atoms with Crippen LogP contribution in [0, 0.1) is 0 Å². The Morgan fingerprint density at radius 2 is 1.67 bits per heavy atom. The summed E-state index contributed by atoms with van der Waals surface area (Å²) < 4.78 is 0. The molecule has 4 heteroatoms. The van der Waals surface area contributed by atoms with Crippen LogP contribution in [0.2, 0.25) is 5.02 Å². The summed E-state index contributed by atoms with van der Waals surface area (Å²) in [6, 6.07) is 7.13. The number of amides is 1. The van der Waals surface area contributed by atoms with E-state index in [0.717, 1.165) is 18.5 Å². The first-order valence-electron chi connectivity index (χ1n) is 7.21. The van der Waals surface area contributed by atoms with Crippen molar-refractivity contribution in [3.8, 4) is 0 Å². The van der Waals surface area contributed by atoms with Gasteiger partial charge in [0.15, 0.2) is 0 Å². The molecule has 0 bridgehead atoms. The van der Waals surface area contributed by atoms with Crippen molar-refractivity contribution in [2.75, 3.05) is 5.32 Å². The van der Waals surface area contributed by atoms with Gasteiger partial charge in [0.2, 0.25) is 5.91 Å². The number of hydrogen-bond donors (Lipinski definition) is 2. The Bertz CT molecular complexity index is 541. The van der Waals surface area contributed by atoms with Crippen LogP contribution in [-0.4, -0.2) is 17.0 Å². The third kappa shape index (κ3) is 4.87. The van der Waals surface area contributed by atoms with Gasteiger partial charge in [0.1, 0.15) is 0 Å². The normalized spacial score (nSPS) is 20.0. The second-order valence-corrected chi connectivity index (χ2v) is 7.48. The van der Waals surface area contributed by atoms with Crippen molar-refractivity contribution in [1.29, 1.82) is 0 Å². The molecule has 0 aromatic heterocycles. The molecule has 0 spiro atoms. The molecule has 1 saturated heterocycles. The van der Waals surface area contributed by atoms with E-state index in [1.165, 1.54) is 5.57 Å². The number of benzene rings is 1. The first-order chi connectivity index (χ1) is 9.65. The maximum absolute atomic E-state index is 12.1. The molecular weight excluding hydrogens is 284 g/mol. The zero-order chi connectivity index (χ0) is 15.7. The van der Waals surface area contributed by atoms with Crippen LogP contribution in [-0.2, 0) is 4.79 Å². The average Bonchev–Trinajstić information content (AvgIpc) is 2.27. The number of rotatable bonds is 2. The number of anilines is 1. The molecule has 0 radical (unpaired) electrons. The molecule has 1 amide bonds. The number of piperidine rings is 1. The van der Waals surface area contributed by atoms with Crippen LogP contribution < -0.4 is 10.6 Å². The van der Waals surface area contributed by atoms with E-state index in [2.05, 4.69) is 38.3 Å². The van der Waals surface area contributed by atoms with Crippen LogP contribution in [0.5, 0.6) is 0 Å². The molecule has 0 saturated carbocycles. The molecule has 1 aromatic rings. The maximum atomic E-state index is 12.1. The van der Waals surface area contributed by atoms with Crippen molar-refractivity contribution >= 4 is 23.2 Å². The summed E-state index contributed by atoms with van der Waals surface area (Å²) in [6.45, 7) is 8.66. The summed E-state index contributed by atoms with van der Waals surface area (Å²) >= 11 is 5.84. The fraction of sp³-hybridized carbons (Fsp3) is 0.471. The number of carbonyl (C=O) groups excluding carboxylic acids is 1. The van der Waals surface area contributed by atoms with E-state index in [0.29, 0.717) is 5.02 Å². The molecule has 1 aliphatic heterocycles. The minimum Gasteiger partial charge on any atom is -0.323 e. The van der Waals surface area contributed by atoms with Gasteiger partial charge in [-0.15, -0.1) is 0 Å². The Balaban J connectivity index is 2.07. The van der Waals surface area contributed by atoms with E-state index in [1.54, 1.807) is 30.3 Å². The minimum atomic E-state index is -0.0826. The van der Waals surface area contributed by atoms with Crippen LogP contribution in [0.3, 0.4) is 0 Å². The summed E-state index contributed by atoms with van der Waals surface area (Å²) in [6.07, 6.45) is 3.49. The zero-order valence-electron chi connectivity index (χ0n) is 13.1. The van der Waals surface area contributed by atoms with Crippen molar-refractivity contribution in [2.24, 2.45) is 0 Å². The molecule has 2 rings (SSSR count). The van der Waals surface area contributed by atoms with Gasteiger partial charge >= 0.3 is 0 Å². The maximum Gasteiger partial charge on any atom is 0.248 e. The predicted octanol–water partition coefficient (Wildman–Crippen LogP) is 4.15. The van der Waals surface area contributed by atoms with Gasteiger partial charge in [0.25, 0.3) is 0 Å². The summed E-state index contributed by atoms with van der Waals surface area (Å²) in [5, 5.41) is 7.14. The molecule has 0 aliphatic carbocycles. The van der Waals surface area contributed by atoms with E-state index in [9.17, 15) is 4.79 Å². The second kappa shape index (κ2) is 5.82. The molecular formula is C17H23ClN2O. The highest BCUT2D eigenvalue weighted by molar-refractivity contribution is 6.30. The quantitative estimate of drug-likeness (QED) is 0.806. The van der Waals surface area contributed by atoms with E-state index in [4.69, 9.17) is 11.6 Å². The Labute approximate surface area is 131 Å². The number of nitrogens with one attached hydrogen (secondary N) is 2. The first-order valence-corrected chi connectivity index (χ1v) is 7.58. The second-order valence-electron chi connectivity index (χ2n) is 7.05. The van der Waals surface area contributed by atoms with Gasteiger partial charge in [-0.25, -0.2) is 0 Å². The Hall–Kier alpha value is -1.32. The zero-order valence-corrected chi connectivity index (χ0v) is 13.8. The van der Waals surface area contributed by atoms with E-state index < -0.39 is 0 Å². The number of halogens is 1. The van der Waals surface area contributed by atoms with Gasteiger partial charge in [-0.1, -0.05) is 17.2 Å². The summed E-state index contributed by atoms with van der Waals surface area (Å²) in [5.74, 6) is -0.0826. The molecule has 1 aliphatic rings. The van der Waals surface area contributed by atoms with Crippen molar-refractivity contribution in [2.45, 2.75) is 51.6 Å². The molecule has 114 valence electrons. The Kier molecular flexibility index (Phi) is 4.45. The van der Waals surface area contributed by atoms with Gasteiger partial charge in [0, 0.05) is 27.9 Å². The molecule has 0 unspecified atom stereocenters. The van der Waals surface area contributed by atoms with Crippen molar-refractivity contribution in [3.63, 3.8) is 0 Å². The van der Waals surface area contributed by atoms with E-state index in [-0.39, 0.29) is 17.0 Å². The van der Waals surface area contributed by atoms with Crippen molar-refractivity contribution < 1.29 is 4.79 Å². The molecule has 1 fully saturated rings. The van der Waals surface area contributed by atoms with Crippen LogP contribution in [0.1, 0.15) is 40.5 Å². The molecule has 21 heavy (non-hydrogen) atoms. The Morgan fingerprint density at radius 1 is 1.14 bits per heavy atom. The van der Waals surface area contributed by atoms with Crippen LogP contribution >= 0.6 is 11.6 Å². The lowest BCUT2D eigenvalue weighted by Gasteiger charge is -2.43. The van der Waals surface area contributed by atoms with E-state index >= 15 is 0 Å². The predicted molar refractivity (Wildman–Crippen MR) is 88.7 cm³/mol. The monoisotopic (exact) mass is 306 g/mol. The summed E-state index contributed by atoms with van der Waals surface area (Å²) in [7, 11) is 0. The van der Waals surface area contributed by atoms with Gasteiger partial charge in [-0.3, -0.25) is 4.79 Å². The van der Waals surface area contributed by atoms with Gasteiger partial charge in [0.05, 0.1) is 0 Å². The highest BCUT2D eigenvalue weighted by Crippen LogP contribution is 2.32. The van der Waals surface area contributed by atoms with Crippen LogP contribution in [0.4, 0.5) is 5.69 Å². The topological polar surface area (TPSA) is 41.1 Å². The van der Waals surface area contributed by atoms with Crippen LogP contribution in [0.15, 0.2) is 35.9 Å². The molecule has 1 heterocycles. The largest absolute Gasteiger partial charge is 0.323 e.